The second kappa shape index (κ2) is 5.27. The molecule has 0 unspecified atom stereocenters. The number of hydrogen-bond donors (Lipinski definition) is 2. The molecule has 1 aromatic carbocycles. The van der Waals surface area contributed by atoms with E-state index in [9.17, 15) is 0 Å². The highest BCUT2D eigenvalue weighted by Gasteiger charge is 2.04. The van der Waals surface area contributed by atoms with Gasteiger partial charge in [0.15, 0.2) is 11.5 Å². The van der Waals surface area contributed by atoms with Crippen LogP contribution in [-0.2, 0) is 0 Å². The third-order valence-electron chi connectivity index (χ3n) is 2.46. The van der Waals surface area contributed by atoms with Crippen LogP contribution < -0.4 is 20.5 Å². The van der Waals surface area contributed by atoms with Crippen LogP contribution in [0, 0.1) is 0 Å². The van der Waals surface area contributed by atoms with E-state index in [1.54, 1.807) is 26.5 Å². The van der Waals surface area contributed by atoms with Gasteiger partial charge in [-0.05, 0) is 24.3 Å². The summed E-state index contributed by atoms with van der Waals surface area (Å²) in [5, 5.41) is 3.20. The number of methoxy groups -OCH3 is 2. The van der Waals surface area contributed by atoms with Crippen molar-refractivity contribution >= 4 is 17.2 Å². The highest BCUT2D eigenvalue weighted by molar-refractivity contribution is 5.63. The second-order valence-electron chi connectivity index (χ2n) is 3.67. The van der Waals surface area contributed by atoms with Gasteiger partial charge in [0.25, 0.3) is 0 Å². The lowest BCUT2D eigenvalue weighted by Crippen LogP contribution is -1.95. The minimum atomic E-state index is 0.493. The Bertz CT molecular complexity index is 526. The number of nitrogen functional groups attached to an aromatic ring is 1. The van der Waals surface area contributed by atoms with Crippen LogP contribution in [0.25, 0.3) is 0 Å². The second-order valence-corrected chi connectivity index (χ2v) is 3.67. The summed E-state index contributed by atoms with van der Waals surface area (Å²) >= 11 is 0. The number of hydrogen-bond acceptors (Lipinski definition) is 5. The molecule has 0 aliphatic heterocycles. The molecule has 5 heteroatoms. The molecule has 0 bridgehead atoms. The van der Waals surface area contributed by atoms with E-state index >= 15 is 0 Å². The Morgan fingerprint density at radius 1 is 1.00 bits per heavy atom. The number of nitrogens with two attached hydrogens (primary N) is 1. The third-order valence-corrected chi connectivity index (χ3v) is 2.46. The molecule has 0 amide bonds. The average Bonchev–Trinajstić information content (AvgIpc) is 2.41. The van der Waals surface area contributed by atoms with E-state index in [1.165, 1.54) is 0 Å². The maximum absolute atomic E-state index is 5.53. The molecule has 0 saturated heterocycles. The van der Waals surface area contributed by atoms with Gasteiger partial charge in [0, 0.05) is 11.8 Å². The van der Waals surface area contributed by atoms with Crippen LogP contribution >= 0.6 is 0 Å². The standard InChI is InChI=1S/C13H15N3O2/c1-17-11-5-3-9(7-12(11)18-2)16-10-4-6-13(14)15-8-10/h3-8,16H,1-2H3,(H2,14,15). The maximum Gasteiger partial charge on any atom is 0.162 e. The number of rotatable bonds is 4. The average molecular weight is 245 g/mol. The third kappa shape index (κ3) is 2.63. The van der Waals surface area contributed by atoms with E-state index in [0.29, 0.717) is 17.3 Å². The molecule has 0 spiro atoms. The molecule has 2 rings (SSSR count). The van der Waals surface area contributed by atoms with Crippen LogP contribution in [0.2, 0.25) is 0 Å². The van der Waals surface area contributed by atoms with Gasteiger partial charge < -0.3 is 20.5 Å². The monoisotopic (exact) mass is 245 g/mol. The Morgan fingerprint density at radius 3 is 2.33 bits per heavy atom. The lowest BCUT2D eigenvalue weighted by Gasteiger charge is -2.11. The van der Waals surface area contributed by atoms with Crippen LogP contribution in [0.15, 0.2) is 36.5 Å². The normalized spacial score (nSPS) is 9.89. The molecule has 1 aromatic heterocycles. The van der Waals surface area contributed by atoms with Crippen molar-refractivity contribution in [1.29, 1.82) is 0 Å². The molecule has 5 nitrogen and oxygen atoms in total. The molecule has 0 aliphatic carbocycles. The predicted octanol–water partition coefficient (Wildman–Crippen LogP) is 2.42. The lowest BCUT2D eigenvalue weighted by molar-refractivity contribution is 0.355. The van der Waals surface area contributed by atoms with Crippen molar-refractivity contribution < 1.29 is 9.47 Å². The summed E-state index contributed by atoms with van der Waals surface area (Å²) in [5.74, 6) is 1.86. The molecule has 0 aliphatic rings. The molecule has 18 heavy (non-hydrogen) atoms. The van der Waals surface area contributed by atoms with E-state index in [4.69, 9.17) is 15.2 Å². The van der Waals surface area contributed by atoms with Crippen LogP contribution in [0.5, 0.6) is 11.5 Å². The summed E-state index contributed by atoms with van der Waals surface area (Å²) in [6, 6.07) is 9.20. The number of nitrogens with zero attached hydrogens (tertiary/aromatic N) is 1. The maximum atomic E-state index is 5.53. The first-order valence-corrected chi connectivity index (χ1v) is 5.43. The summed E-state index contributed by atoms with van der Waals surface area (Å²) in [6.45, 7) is 0. The molecule has 2 aromatic rings. The van der Waals surface area contributed by atoms with Gasteiger partial charge in [-0.25, -0.2) is 4.98 Å². The number of nitrogens with one attached hydrogen (secondary N) is 1. The van der Waals surface area contributed by atoms with Gasteiger partial charge in [0.05, 0.1) is 26.1 Å². The van der Waals surface area contributed by atoms with Gasteiger partial charge >= 0.3 is 0 Å². The van der Waals surface area contributed by atoms with Gasteiger partial charge in [-0.1, -0.05) is 0 Å². The summed E-state index contributed by atoms with van der Waals surface area (Å²) < 4.78 is 10.4. The quantitative estimate of drug-likeness (QED) is 0.865. The van der Waals surface area contributed by atoms with Crippen molar-refractivity contribution in [1.82, 2.24) is 4.98 Å². The van der Waals surface area contributed by atoms with Crippen molar-refractivity contribution in [3.63, 3.8) is 0 Å². The van der Waals surface area contributed by atoms with Gasteiger partial charge in [0.1, 0.15) is 5.82 Å². The summed E-state index contributed by atoms with van der Waals surface area (Å²) in [7, 11) is 3.21. The van der Waals surface area contributed by atoms with Crippen molar-refractivity contribution in [2.45, 2.75) is 0 Å². The molecule has 1 heterocycles. The smallest absolute Gasteiger partial charge is 0.162 e. The molecular weight excluding hydrogens is 230 g/mol. The van der Waals surface area contributed by atoms with E-state index in [-0.39, 0.29) is 0 Å². The molecule has 94 valence electrons. The Balaban J connectivity index is 2.21. The zero-order valence-corrected chi connectivity index (χ0v) is 10.3. The highest BCUT2D eigenvalue weighted by atomic mass is 16.5. The molecule has 0 fully saturated rings. The van der Waals surface area contributed by atoms with Crippen LogP contribution in [0.1, 0.15) is 0 Å². The van der Waals surface area contributed by atoms with Crippen molar-refractivity contribution in [2.24, 2.45) is 0 Å². The first-order chi connectivity index (χ1) is 8.72. The zero-order chi connectivity index (χ0) is 13.0. The number of ether oxygens (including phenoxy) is 2. The van der Waals surface area contributed by atoms with Crippen LogP contribution in [0.3, 0.4) is 0 Å². The fourth-order valence-corrected chi connectivity index (χ4v) is 1.56. The topological polar surface area (TPSA) is 69.4 Å². The Kier molecular flexibility index (Phi) is 3.52. The lowest BCUT2D eigenvalue weighted by atomic mass is 10.2. The zero-order valence-electron chi connectivity index (χ0n) is 10.3. The molecule has 3 N–H and O–H groups in total. The first kappa shape index (κ1) is 12.0. The predicted molar refractivity (Wildman–Crippen MR) is 71.5 cm³/mol. The molecule has 0 radical (unpaired) electrons. The van der Waals surface area contributed by atoms with Crippen molar-refractivity contribution in [3.8, 4) is 11.5 Å². The minimum absolute atomic E-state index is 0.493. The molecule has 0 saturated carbocycles. The fraction of sp³-hybridized carbons (Fsp3) is 0.154. The summed E-state index contributed by atoms with van der Waals surface area (Å²) in [4.78, 5) is 4.01. The number of pyridine rings is 1. The van der Waals surface area contributed by atoms with E-state index in [1.807, 2.05) is 24.3 Å². The van der Waals surface area contributed by atoms with Gasteiger partial charge in [-0.3, -0.25) is 0 Å². The van der Waals surface area contributed by atoms with E-state index in [2.05, 4.69) is 10.3 Å². The number of benzene rings is 1. The van der Waals surface area contributed by atoms with Crippen molar-refractivity contribution in [2.75, 3.05) is 25.3 Å². The van der Waals surface area contributed by atoms with Crippen molar-refractivity contribution in [3.05, 3.63) is 36.5 Å². The van der Waals surface area contributed by atoms with Gasteiger partial charge in [-0.2, -0.15) is 0 Å². The summed E-state index contributed by atoms with van der Waals surface area (Å²) in [5.41, 5.74) is 7.27. The van der Waals surface area contributed by atoms with Crippen LogP contribution in [0.4, 0.5) is 17.2 Å². The van der Waals surface area contributed by atoms with Gasteiger partial charge in [0.2, 0.25) is 0 Å². The Hall–Kier alpha value is -2.43. The Labute approximate surface area is 106 Å². The van der Waals surface area contributed by atoms with Gasteiger partial charge in [-0.15, -0.1) is 0 Å². The number of aromatic nitrogens is 1. The largest absolute Gasteiger partial charge is 0.493 e. The molecular formula is C13H15N3O2. The first-order valence-electron chi connectivity index (χ1n) is 5.43. The summed E-state index contributed by atoms with van der Waals surface area (Å²) in [6.07, 6.45) is 1.67. The Morgan fingerprint density at radius 2 is 1.72 bits per heavy atom. The fourth-order valence-electron chi connectivity index (χ4n) is 1.56. The van der Waals surface area contributed by atoms with E-state index in [0.717, 1.165) is 11.4 Å². The van der Waals surface area contributed by atoms with E-state index < -0.39 is 0 Å². The number of anilines is 3. The minimum Gasteiger partial charge on any atom is -0.493 e. The van der Waals surface area contributed by atoms with Crippen LogP contribution in [-0.4, -0.2) is 19.2 Å². The highest BCUT2D eigenvalue weighted by Crippen LogP contribution is 2.30. The molecule has 0 atom stereocenters. The SMILES string of the molecule is COc1ccc(Nc2ccc(N)nc2)cc1OC.